The third-order valence-electron chi connectivity index (χ3n) is 10.3. The van der Waals surface area contributed by atoms with E-state index in [2.05, 4.69) is 37.1 Å². The Hall–Kier alpha value is -5.62. The summed E-state index contributed by atoms with van der Waals surface area (Å²) >= 11 is 1.35. The van der Waals surface area contributed by atoms with Crippen molar-refractivity contribution in [2.75, 3.05) is 25.0 Å². The maximum Gasteiger partial charge on any atom is 0.243 e. The first kappa shape index (κ1) is 51.0. The van der Waals surface area contributed by atoms with Gasteiger partial charge in [0.25, 0.3) is 0 Å². The van der Waals surface area contributed by atoms with Crippen LogP contribution in [-0.2, 0) is 58.1 Å². The number of likely N-dealkylation sites (tertiary alicyclic amines) is 1. The number of amides is 7. The van der Waals surface area contributed by atoms with Gasteiger partial charge < -0.3 is 21.3 Å². The predicted molar refractivity (Wildman–Crippen MR) is 243 cm³/mol. The second-order valence-electron chi connectivity index (χ2n) is 16.1. The molecule has 0 aliphatic carbocycles. The lowest BCUT2D eigenvalue weighted by atomic mass is 10.1. The molecule has 17 nitrogen and oxygen atoms in total. The number of rotatable bonds is 31. The number of para-hydroxylation sites is 1. The number of anilines is 1. The number of aryl methyl sites for hydroxylation is 1. The molecule has 1 unspecified atom stereocenters. The van der Waals surface area contributed by atoms with Crippen molar-refractivity contribution in [2.24, 2.45) is 5.92 Å². The zero-order valence-electron chi connectivity index (χ0n) is 37.2. The minimum Gasteiger partial charge on any atom is -0.354 e. The topological polar surface area (TPSA) is 223 Å². The van der Waals surface area contributed by atoms with Gasteiger partial charge in [-0.25, -0.2) is 5.48 Å². The van der Waals surface area contributed by atoms with Crippen LogP contribution in [0.2, 0.25) is 0 Å². The Labute approximate surface area is 380 Å². The molecule has 2 aromatic carbocycles. The first-order valence-electron chi connectivity index (χ1n) is 22.5. The summed E-state index contributed by atoms with van der Waals surface area (Å²) in [6.45, 7) is 5.89. The number of carbonyl (C=O) groups is 7. The Balaban J connectivity index is 0.976. The van der Waals surface area contributed by atoms with Gasteiger partial charge in [-0.1, -0.05) is 75.1 Å². The molecule has 5 N–H and O–H groups in total. The Kier molecular flexibility index (Phi) is 23.1. The largest absolute Gasteiger partial charge is 0.354 e. The second kappa shape index (κ2) is 28.9. The van der Waals surface area contributed by atoms with Crippen LogP contribution in [0.4, 0.5) is 5.69 Å². The predicted octanol–water partition coefficient (Wildman–Crippen LogP) is 5.35. The maximum atomic E-state index is 13.1. The number of imide groups is 1. The highest BCUT2D eigenvalue weighted by Gasteiger charge is 2.38. The summed E-state index contributed by atoms with van der Waals surface area (Å²) in [5.74, 6) is -0.864. The van der Waals surface area contributed by atoms with E-state index >= 15 is 0 Å². The van der Waals surface area contributed by atoms with Gasteiger partial charge in [-0.05, 0) is 68.4 Å². The van der Waals surface area contributed by atoms with E-state index in [0.29, 0.717) is 83.2 Å². The van der Waals surface area contributed by atoms with E-state index < -0.39 is 5.25 Å². The average Bonchev–Trinajstić information content (AvgIpc) is 3.85. The van der Waals surface area contributed by atoms with Gasteiger partial charge in [-0.2, -0.15) is 0 Å². The summed E-state index contributed by atoms with van der Waals surface area (Å²) < 4.78 is 1.73. The maximum absolute atomic E-state index is 13.1. The molecular formula is C46H65N9O8S. The van der Waals surface area contributed by atoms with Gasteiger partial charge >= 0.3 is 0 Å². The molecule has 0 radical (unpaired) electrons. The molecule has 3 aromatic rings. The van der Waals surface area contributed by atoms with Crippen LogP contribution in [0.15, 0.2) is 65.7 Å². The van der Waals surface area contributed by atoms with Crippen molar-refractivity contribution in [3.8, 4) is 0 Å². The molecule has 348 valence electrons. The third-order valence-corrected chi connectivity index (χ3v) is 11.5. The number of unbranched alkanes of at least 4 members (excludes halogenated alkanes) is 7. The van der Waals surface area contributed by atoms with E-state index in [1.165, 1.54) is 16.7 Å². The fourth-order valence-corrected chi connectivity index (χ4v) is 7.76. The summed E-state index contributed by atoms with van der Waals surface area (Å²) in [6.07, 6.45) is 11.0. The van der Waals surface area contributed by atoms with Crippen molar-refractivity contribution in [3.05, 3.63) is 72.1 Å². The molecule has 2 heterocycles. The zero-order chi connectivity index (χ0) is 45.9. The van der Waals surface area contributed by atoms with Crippen LogP contribution in [0.25, 0.3) is 0 Å². The van der Waals surface area contributed by atoms with E-state index in [9.17, 15) is 33.6 Å². The molecule has 1 fully saturated rings. The van der Waals surface area contributed by atoms with E-state index in [-0.39, 0.29) is 66.8 Å². The summed E-state index contributed by atoms with van der Waals surface area (Å²) in [7, 11) is 0. The van der Waals surface area contributed by atoms with Crippen LogP contribution in [0.3, 0.4) is 0 Å². The summed E-state index contributed by atoms with van der Waals surface area (Å²) in [5.41, 5.74) is 4.77. The number of carbonyl (C=O) groups excluding carboxylic acids is 7. The van der Waals surface area contributed by atoms with Crippen molar-refractivity contribution >= 4 is 58.8 Å². The molecule has 4 rings (SSSR count). The van der Waals surface area contributed by atoms with Gasteiger partial charge in [0.15, 0.2) is 0 Å². The SMILES string of the molecule is CC(C)C(=O)NCCNC(=O)CCCCCn1cc(CNC(=O)CCCCCN2C(=O)CC(Sc3ccc(CONC(=O)CCCCCCC(=O)Nc4ccccc4)cc3)C2=O)nn1. The van der Waals surface area contributed by atoms with Gasteiger partial charge in [0.1, 0.15) is 5.69 Å². The van der Waals surface area contributed by atoms with E-state index in [4.69, 9.17) is 4.84 Å². The van der Waals surface area contributed by atoms with Gasteiger partial charge in [-0.15, -0.1) is 16.9 Å². The normalized spacial score (nSPS) is 13.5. The Morgan fingerprint density at radius 3 is 2.02 bits per heavy atom. The Bertz CT molecular complexity index is 1940. The van der Waals surface area contributed by atoms with Gasteiger partial charge in [0.05, 0.1) is 24.6 Å². The first-order valence-corrected chi connectivity index (χ1v) is 23.4. The van der Waals surface area contributed by atoms with Crippen LogP contribution in [0, 0.1) is 5.92 Å². The van der Waals surface area contributed by atoms with E-state index in [0.717, 1.165) is 54.7 Å². The number of hydrogen-bond donors (Lipinski definition) is 5. The highest BCUT2D eigenvalue weighted by atomic mass is 32.2. The lowest BCUT2D eigenvalue weighted by molar-refractivity contribution is -0.138. The number of nitrogens with zero attached hydrogens (tertiary/aromatic N) is 4. The number of aromatic nitrogens is 3. The Morgan fingerprint density at radius 1 is 0.719 bits per heavy atom. The lowest BCUT2D eigenvalue weighted by Gasteiger charge is -2.15. The van der Waals surface area contributed by atoms with E-state index in [1.807, 2.05) is 68.4 Å². The van der Waals surface area contributed by atoms with Gasteiger partial charge in [0, 0.05) is 74.8 Å². The third kappa shape index (κ3) is 20.3. The molecular weight excluding hydrogens is 839 g/mol. The van der Waals surface area contributed by atoms with Crippen molar-refractivity contribution in [1.82, 2.24) is 41.3 Å². The van der Waals surface area contributed by atoms with Gasteiger partial charge in [0.2, 0.25) is 41.4 Å². The minimum atomic E-state index is -0.495. The number of hydrogen-bond acceptors (Lipinski definition) is 11. The fourth-order valence-electron chi connectivity index (χ4n) is 6.68. The monoisotopic (exact) mass is 903 g/mol. The molecule has 7 amide bonds. The average molecular weight is 904 g/mol. The number of hydroxylamine groups is 1. The van der Waals surface area contributed by atoms with Crippen LogP contribution in [-0.4, -0.2) is 86.1 Å². The van der Waals surface area contributed by atoms with Crippen molar-refractivity contribution < 1.29 is 38.4 Å². The molecule has 64 heavy (non-hydrogen) atoms. The van der Waals surface area contributed by atoms with Crippen LogP contribution in [0.1, 0.15) is 121 Å². The van der Waals surface area contributed by atoms with Crippen LogP contribution >= 0.6 is 11.8 Å². The lowest BCUT2D eigenvalue weighted by Crippen LogP contribution is -2.36. The standard InChI is InChI=1S/C46H65N9O8S/c1-34(2)45(61)48-27-26-47-40(56)18-12-6-14-28-54-32-37(51-53-54)31-49-41(57)19-13-7-15-29-55-44(60)30-39(46(55)62)64-38-24-22-35(23-25-38)33-63-52-43(59)21-11-4-3-10-20-42(58)50-36-16-8-5-9-17-36/h5,8-9,16-17,22-25,32,34,39H,3-4,6-7,10-15,18-21,26-31,33H2,1-2H3,(H,47,56)(H,48,61)(H,49,57)(H,50,58)(H,52,59). The molecule has 0 bridgehead atoms. The molecule has 1 atom stereocenters. The number of benzene rings is 2. The van der Waals surface area contributed by atoms with Crippen molar-refractivity contribution in [1.29, 1.82) is 0 Å². The van der Waals surface area contributed by atoms with Crippen LogP contribution in [0.5, 0.6) is 0 Å². The number of nitrogens with one attached hydrogen (secondary N) is 5. The summed E-state index contributed by atoms with van der Waals surface area (Å²) in [4.78, 5) is 93.6. The van der Waals surface area contributed by atoms with Gasteiger partial charge in [-0.3, -0.25) is 48.0 Å². The molecule has 0 saturated carbocycles. The van der Waals surface area contributed by atoms with Crippen molar-refractivity contribution in [2.45, 2.75) is 140 Å². The molecule has 1 saturated heterocycles. The minimum absolute atomic E-state index is 0.0140. The highest BCUT2D eigenvalue weighted by molar-refractivity contribution is 8.00. The second-order valence-corrected chi connectivity index (χ2v) is 17.4. The molecule has 1 aliphatic heterocycles. The fraction of sp³-hybridized carbons (Fsp3) is 0.543. The zero-order valence-corrected chi connectivity index (χ0v) is 38.1. The van der Waals surface area contributed by atoms with E-state index in [1.54, 1.807) is 10.9 Å². The summed E-state index contributed by atoms with van der Waals surface area (Å²) in [5, 5.41) is 19.1. The first-order chi connectivity index (χ1) is 31.0. The highest BCUT2D eigenvalue weighted by Crippen LogP contribution is 2.32. The van der Waals surface area contributed by atoms with Crippen molar-refractivity contribution in [3.63, 3.8) is 0 Å². The number of thioether (sulfide) groups is 1. The molecule has 1 aromatic heterocycles. The molecule has 18 heteroatoms. The molecule has 0 spiro atoms. The Morgan fingerprint density at radius 2 is 1.33 bits per heavy atom. The smallest absolute Gasteiger partial charge is 0.243 e. The van der Waals surface area contributed by atoms with Crippen LogP contribution < -0.4 is 26.7 Å². The quantitative estimate of drug-likeness (QED) is 0.0315. The molecule has 1 aliphatic rings. The summed E-state index contributed by atoms with van der Waals surface area (Å²) in [6, 6.07) is 16.8.